The average Bonchev–Trinajstić information content (AvgIpc) is 3.34. The van der Waals surface area contributed by atoms with Gasteiger partial charge in [-0.2, -0.15) is 10.2 Å². The van der Waals surface area contributed by atoms with Crippen LogP contribution in [0.1, 0.15) is 46.5 Å². The van der Waals surface area contributed by atoms with Crippen LogP contribution in [0.2, 0.25) is 10.0 Å². The predicted octanol–water partition coefficient (Wildman–Crippen LogP) is 4.22. The summed E-state index contributed by atoms with van der Waals surface area (Å²) in [6, 6.07) is 6.79. The Balaban J connectivity index is 1.44. The van der Waals surface area contributed by atoms with Crippen molar-refractivity contribution in [3.63, 3.8) is 0 Å². The Hall–Kier alpha value is -3.10. The van der Waals surface area contributed by atoms with Crippen LogP contribution in [0.3, 0.4) is 0 Å². The molecule has 0 radical (unpaired) electrons. The third-order valence-corrected chi connectivity index (χ3v) is 6.74. The lowest BCUT2D eigenvalue weighted by Gasteiger charge is -2.34. The van der Waals surface area contributed by atoms with E-state index in [1.165, 1.54) is 0 Å². The van der Waals surface area contributed by atoms with Gasteiger partial charge in [0.15, 0.2) is 0 Å². The summed E-state index contributed by atoms with van der Waals surface area (Å²) in [7, 11) is 0. The predicted molar refractivity (Wildman–Crippen MR) is 126 cm³/mol. The number of pyridine rings is 1. The summed E-state index contributed by atoms with van der Waals surface area (Å²) in [5, 5.41) is 23.0. The molecule has 33 heavy (non-hydrogen) atoms. The van der Waals surface area contributed by atoms with E-state index in [0.29, 0.717) is 36.3 Å². The molecule has 1 aromatic carbocycles. The fraction of sp³-hybridized carbons (Fsp3) is 0.304. The molecule has 0 fully saturated rings. The van der Waals surface area contributed by atoms with Gasteiger partial charge in [-0.05, 0) is 64.3 Å². The van der Waals surface area contributed by atoms with Crippen molar-refractivity contribution in [1.29, 1.82) is 0 Å². The fourth-order valence-electron chi connectivity index (χ4n) is 4.44. The standard InChI is InChI=1S/C23H22Cl2N6O2/c1-12-4-5-19(32)21-15-10-23(3,7-6-18(15)29-31(12)21)27-22(33)20-16(24)8-14(9-17(20)25)30-11-26-13(2)28-30/h4-5,8-9,11,32H,6-7,10H2,1-3H3,(H,27,33)/t23-/m1/s1. The van der Waals surface area contributed by atoms with E-state index < -0.39 is 5.54 Å². The second kappa shape index (κ2) is 7.74. The number of benzene rings is 1. The van der Waals surface area contributed by atoms with Crippen molar-refractivity contribution in [3.05, 3.63) is 69.0 Å². The zero-order valence-corrected chi connectivity index (χ0v) is 19.9. The second-order valence-electron chi connectivity index (χ2n) is 8.76. The lowest BCUT2D eigenvalue weighted by Crippen LogP contribution is -2.49. The van der Waals surface area contributed by atoms with Crippen molar-refractivity contribution in [1.82, 2.24) is 29.7 Å². The van der Waals surface area contributed by atoms with Crippen LogP contribution in [0.5, 0.6) is 5.75 Å². The van der Waals surface area contributed by atoms with Gasteiger partial charge >= 0.3 is 0 Å². The zero-order chi connectivity index (χ0) is 23.5. The minimum atomic E-state index is -0.557. The van der Waals surface area contributed by atoms with Gasteiger partial charge in [-0.3, -0.25) is 4.79 Å². The summed E-state index contributed by atoms with van der Waals surface area (Å²) < 4.78 is 3.32. The molecule has 2 N–H and O–H groups in total. The molecule has 0 unspecified atom stereocenters. The SMILES string of the molecule is Cc1ncn(-c2cc(Cl)c(C(=O)N[C@]3(C)CCc4nn5c(C)ccc(O)c5c4C3)c(Cl)c2)n1. The smallest absolute Gasteiger partial charge is 0.254 e. The Morgan fingerprint density at radius 1 is 1.18 bits per heavy atom. The highest BCUT2D eigenvalue weighted by Gasteiger charge is 2.36. The molecule has 0 aliphatic heterocycles. The Labute approximate surface area is 200 Å². The Morgan fingerprint density at radius 2 is 1.91 bits per heavy atom. The molecule has 0 bridgehead atoms. The molecular weight excluding hydrogens is 463 g/mol. The number of hydrogen-bond donors (Lipinski definition) is 2. The van der Waals surface area contributed by atoms with Gasteiger partial charge in [-0.1, -0.05) is 23.2 Å². The zero-order valence-electron chi connectivity index (χ0n) is 18.4. The summed E-state index contributed by atoms with van der Waals surface area (Å²) in [6.45, 7) is 5.71. The number of amides is 1. The number of nitrogens with zero attached hydrogens (tertiary/aromatic N) is 5. The maximum absolute atomic E-state index is 13.3. The van der Waals surface area contributed by atoms with Crippen LogP contribution in [0.15, 0.2) is 30.6 Å². The first-order valence-corrected chi connectivity index (χ1v) is 11.3. The number of aromatic hydroxyl groups is 1. The van der Waals surface area contributed by atoms with Gasteiger partial charge in [0, 0.05) is 16.8 Å². The van der Waals surface area contributed by atoms with Crippen molar-refractivity contribution >= 4 is 34.6 Å². The third kappa shape index (κ3) is 3.73. The first-order valence-electron chi connectivity index (χ1n) is 10.5. The van der Waals surface area contributed by atoms with Gasteiger partial charge in [-0.25, -0.2) is 14.2 Å². The number of aryl methyl sites for hydroxylation is 3. The first kappa shape index (κ1) is 21.7. The monoisotopic (exact) mass is 484 g/mol. The van der Waals surface area contributed by atoms with Gasteiger partial charge in [0.25, 0.3) is 5.91 Å². The van der Waals surface area contributed by atoms with E-state index in [9.17, 15) is 9.90 Å². The van der Waals surface area contributed by atoms with E-state index in [-0.39, 0.29) is 27.3 Å². The van der Waals surface area contributed by atoms with Gasteiger partial charge in [0.1, 0.15) is 23.4 Å². The molecule has 1 aliphatic carbocycles. The van der Waals surface area contributed by atoms with Gasteiger partial charge in [0.2, 0.25) is 0 Å². The molecule has 10 heteroatoms. The van der Waals surface area contributed by atoms with Crippen molar-refractivity contribution in [3.8, 4) is 11.4 Å². The minimum absolute atomic E-state index is 0.176. The minimum Gasteiger partial charge on any atom is -0.506 e. The van der Waals surface area contributed by atoms with Crippen molar-refractivity contribution in [2.75, 3.05) is 0 Å². The van der Waals surface area contributed by atoms with Crippen LogP contribution in [0.25, 0.3) is 11.2 Å². The number of carbonyl (C=O) groups excluding carboxylic acids is 1. The molecule has 3 heterocycles. The molecule has 0 saturated carbocycles. The van der Waals surface area contributed by atoms with Crippen molar-refractivity contribution in [2.24, 2.45) is 0 Å². The lowest BCUT2D eigenvalue weighted by molar-refractivity contribution is 0.0898. The number of fused-ring (bicyclic) bond motifs is 3. The summed E-state index contributed by atoms with van der Waals surface area (Å²) in [6.07, 6.45) is 3.46. The number of rotatable bonds is 3. The Bertz CT molecular complexity index is 1400. The van der Waals surface area contributed by atoms with E-state index in [1.54, 1.807) is 40.6 Å². The maximum Gasteiger partial charge on any atom is 0.254 e. The van der Waals surface area contributed by atoms with Gasteiger partial charge in [0.05, 0.1) is 27.0 Å². The third-order valence-electron chi connectivity index (χ3n) is 6.15. The normalized spacial score (nSPS) is 17.8. The molecule has 3 aromatic heterocycles. The van der Waals surface area contributed by atoms with Crippen LogP contribution >= 0.6 is 23.2 Å². The lowest BCUT2D eigenvalue weighted by atomic mass is 9.81. The van der Waals surface area contributed by atoms with Gasteiger partial charge < -0.3 is 10.4 Å². The average molecular weight is 485 g/mol. The van der Waals surface area contributed by atoms with E-state index in [4.69, 9.17) is 23.2 Å². The summed E-state index contributed by atoms with van der Waals surface area (Å²) in [5.74, 6) is 0.437. The quantitative estimate of drug-likeness (QED) is 0.453. The fourth-order valence-corrected chi connectivity index (χ4v) is 5.09. The Kier molecular flexibility index (Phi) is 5.10. The number of carbonyl (C=O) groups is 1. The number of hydrogen-bond acceptors (Lipinski definition) is 5. The van der Waals surface area contributed by atoms with Crippen LogP contribution in [0, 0.1) is 13.8 Å². The molecule has 8 nitrogen and oxygen atoms in total. The highest BCUT2D eigenvalue weighted by Crippen LogP contribution is 2.36. The molecule has 1 aliphatic rings. The summed E-state index contributed by atoms with van der Waals surface area (Å²) in [4.78, 5) is 17.4. The van der Waals surface area contributed by atoms with E-state index in [1.807, 2.05) is 19.9 Å². The van der Waals surface area contributed by atoms with Gasteiger partial charge in [-0.15, -0.1) is 0 Å². The molecule has 4 aromatic rings. The molecule has 0 spiro atoms. The number of nitrogens with one attached hydrogen (secondary N) is 1. The largest absolute Gasteiger partial charge is 0.506 e. The van der Waals surface area contributed by atoms with E-state index >= 15 is 0 Å². The number of aromatic nitrogens is 5. The molecule has 1 amide bonds. The molecule has 1 atom stereocenters. The molecular formula is C23H22Cl2N6O2. The topological polar surface area (TPSA) is 97.3 Å². The van der Waals surface area contributed by atoms with E-state index in [2.05, 4.69) is 20.5 Å². The summed E-state index contributed by atoms with van der Waals surface area (Å²) in [5.41, 5.74) is 3.78. The molecule has 0 saturated heterocycles. The Morgan fingerprint density at radius 3 is 2.58 bits per heavy atom. The van der Waals surface area contributed by atoms with E-state index in [0.717, 1.165) is 17.0 Å². The molecule has 5 rings (SSSR count). The van der Waals surface area contributed by atoms with Crippen LogP contribution in [-0.4, -0.2) is 40.9 Å². The van der Waals surface area contributed by atoms with Crippen molar-refractivity contribution < 1.29 is 9.90 Å². The first-order chi connectivity index (χ1) is 15.6. The summed E-state index contributed by atoms with van der Waals surface area (Å²) >= 11 is 13.0. The van der Waals surface area contributed by atoms with Crippen LogP contribution in [0.4, 0.5) is 0 Å². The second-order valence-corrected chi connectivity index (χ2v) is 9.57. The number of halogens is 2. The molecule has 170 valence electrons. The van der Waals surface area contributed by atoms with Crippen LogP contribution < -0.4 is 5.32 Å². The highest BCUT2D eigenvalue weighted by atomic mass is 35.5. The maximum atomic E-state index is 13.3. The van der Waals surface area contributed by atoms with Crippen molar-refractivity contribution in [2.45, 2.75) is 45.6 Å². The highest BCUT2D eigenvalue weighted by molar-refractivity contribution is 6.40. The van der Waals surface area contributed by atoms with Crippen LogP contribution in [-0.2, 0) is 12.8 Å².